The SMILES string of the molecule is Cc1noc(C)c1COc1ccc(CC(=O)OCC(=O)Nc2ccc(C#N)cc2)cc1. The molecule has 0 radical (unpaired) electrons. The lowest BCUT2D eigenvalue weighted by atomic mass is 10.1. The van der Waals surface area contributed by atoms with E-state index in [0.29, 0.717) is 23.6 Å². The fourth-order valence-electron chi connectivity index (χ4n) is 2.76. The van der Waals surface area contributed by atoms with Crippen LogP contribution in [0.3, 0.4) is 0 Å². The quantitative estimate of drug-likeness (QED) is 0.556. The summed E-state index contributed by atoms with van der Waals surface area (Å²) < 4.78 is 15.9. The van der Waals surface area contributed by atoms with Crippen LogP contribution in [0.5, 0.6) is 5.75 Å². The molecule has 1 aromatic heterocycles. The highest BCUT2D eigenvalue weighted by molar-refractivity contribution is 5.92. The van der Waals surface area contributed by atoms with E-state index in [-0.39, 0.29) is 6.42 Å². The first-order valence-electron chi connectivity index (χ1n) is 9.53. The second-order valence-electron chi connectivity index (χ2n) is 6.81. The van der Waals surface area contributed by atoms with E-state index in [0.717, 1.165) is 22.6 Å². The fourth-order valence-corrected chi connectivity index (χ4v) is 2.76. The molecule has 31 heavy (non-hydrogen) atoms. The Bertz CT molecular complexity index is 1080. The van der Waals surface area contributed by atoms with Crippen molar-refractivity contribution in [3.63, 3.8) is 0 Å². The summed E-state index contributed by atoms with van der Waals surface area (Å²) in [5.74, 6) is 0.402. The molecule has 3 rings (SSSR count). The van der Waals surface area contributed by atoms with E-state index in [1.54, 1.807) is 48.5 Å². The first-order chi connectivity index (χ1) is 14.9. The first kappa shape index (κ1) is 21.6. The lowest BCUT2D eigenvalue weighted by Gasteiger charge is -2.08. The molecule has 8 heteroatoms. The van der Waals surface area contributed by atoms with Crippen LogP contribution in [-0.2, 0) is 27.4 Å². The number of rotatable bonds is 8. The van der Waals surface area contributed by atoms with Crippen LogP contribution in [0.15, 0.2) is 53.1 Å². The maximum Gasteiger partial charge on any atom is 0.310 e. The first-order valence-corrected chi connectivity index (χ1v) is 9.53. The molecule has 2 aromatic carbocycles. The number of amides is 1. The topological polar surface area (TPSA) is 114 Å². The van der Waals surface area contributed by atoms with E-state index in [2.05, 4.69) is 10.5 Å². The number of carbonyl (C=O) groups is 2. The van der Waals surface area contributed by atoms with Crippen molar-refractivity contribution in [2.24, 2.45) is 0 Å². The summed E-state index contributed by atoms with van der Waals surface area (Å²) >= 11 is 0. The lowest BCUT2D eigenvalue weighted by molar-refractivity contribution is -0.146. The van der Waals surface area contributed by atoms with Gasteiger partial charge in [-0.2, -0.15) is 5.26 Å². The van der Waals surface area contributed by atoms with Gasteiger partial charge in [0.2, 0.25) is 0 Å². The highest BCUT2D eigenvalue weighted by atomic mass is 16.5. The lowest BCUT2D eigenvalue weighted by Crippen LogP contribution is -2.21. The van der Waals surface area contributed by atoms with Gasteiger partial charge in [0.05, 0.1) is 29.3 Å². The largest absolute Gasteiger partial charge is 0.489 e. The summed E-state index contributed by atoms with van der Waals surface area (Å²) in [5.41, 5.74) is 3.45. The van der Waals surface area contributed by atoms with Crippen molar-refractivity contribution in [2.45, 2.75) is 26.9 Å². The number of aromatic nitrogens is 1. The van der Waals surface area contributed by atoms with Gasteiger partial charge in [-0.3, -0.25) is 9.59 Å². The smallest absolute Gasteiger partial charge is 0.310 e. The van der Waals surface area contributed by atoms with Crippen molar-refractivity contribution >= 4 is 17.6 Å². The Kier molecular flexibility index (Phi) is 7.01. The molecule has 8 nitrogen and oxygen atoms in total. The predicted octanol–water partition coefficient (Wildman–Crippen LogP) is 3.47. The Labute approximate surface area is 179 Å². The summed E-state index contributed by atoms with van der Waals surface area (Å²) in [5, 5.41) is 15.3. The van der Waals surface area contributed by atoms with Crippen molar-refractivity contribution < 1.29 is 23.6 Å². The standard InChI is InChI=1S/C23H21N3O5/c1-15-21(16(2)31-26-15)13-29-20-9-5-17(6-10-20)11-23(28)30-14-22(27)25-19-7-3-18(12-24)4-8-19/h3-10H,11,13-14H2,1-2H3,(H,25,27). The number of hydrogen-bond donors (Lipinski definition) is 1. The van der Waals surface area contributed by atoms with Gasteiger partial charge in [-0.1, -0.05) is 17.3 Å². The molecule has 1 N–H and O–H groups in total. The van der Waals surface area contributed by atoms with Gasteiger partial charge >= 0.3 is 5.97 Å². The number of esters is 1. The van der Waals surface area contributed by atoms with E-state index in [1.807, 2.05) is 19.9 Å². The van der Waals surface area contributed by atoms with Crippen molar-refractivity contribution in [1.82, 2.24) is 5.16 Å². The molecule has 0 saturated carbocycles. The highest BCUT2D eigenvalue weighted by Crippen LogP contribution is 2.18. The van der Waals surface area contributed by atoms with E-state index in [4.69, 9.17) is 19.3 Å². The van der Waals surface area contributed by atoms with Gasteiger partial charge in [0.15, 0.2) is 6.61 Å². The summed E-state index contributed by atoms with van der Waals surface area (Å²) in [6.07, 6.45) is 0.0360. The number of hydrogen-bond acceptors (Lipinski definition) is 7. The van der Waals surface area contributed by atoms with Gasteiger partial charge in [-0.05, 0) is 55.8 Å². The maximum atomic E-state index is 12.0. The van der Waals surface area contributed by atoms with Crippen molar-refractivity contribution in [2.75, 3.05) is 11.9 Å². The summed E-state index contributed by atoms with van der Waals surface area (Å²) in [6, 6.07) is 15.4. The maximum absolute atomic E-state index is 12.0. The zero-order valence-corrected chi connectivity index (χ0v) is 17.2. The molecule has 0 atom stereocenters. The van der Waals surface area contributed by atoms with E-state index < -0.39 is 18.5 Å². The van der Waals surface area contributed by atoms with Crippen LogP contribution in [0.1, 0.15) is 28.1 Å². The van der Waals surface area contributed by atoms with Gasteiger partial charge in [0, 0.05) is 5.69 Å². The summed E-state index contributed by atoms with van der Waals surface area (Å²) in [4.78, 5) is 23.9. The predicted molar refractivity (Wildman–Crippen MR) is 111 cm³/mol. The van der Waals surface area contributed by atoms with Gasteiger partial charge in [0.1, 0.15) is 18.1 Å². The highest BCUT2D eigenvalue weighted by Gasteiger charge is 2.11. The number of nitriles is 1. The van der Waals surface area contributed by atoms with Gasteiger partial charge in [0.25, 0.3) is 5.91 Å². The summed E-state index contributed by atoms with van der Waals surface area (Å²) in [6.45, 7) is 3.64. The van der Waals surface area contributed by atoms with Crippen molar-refractivity contribution in [1.29, 1.82) is 5.26 Å². The van der Waals surface area contributed by atoms with Crippen LogP contribution in [-0.4, -0.2) is 23.6 Å². The number of benzene rings is 2. The minimum atomic E-state index is -0.514. The van der Waals surface area contributed by atoms with Crippen LogP contribution >= 0.6 is 0 Å². The number of anilines is 1. The Morgan fingerprint density at radius 3 is 2.42 bits per heavy atom. The van der Waals surface area contributed by atoms with Crippen LogP contribution in [0.25, 0.3) is 0 Å². The normalized spacial score (nSPS) is 10.2. The number of carbonyl (C=O) groups excluding carboxylic acids is 2. The molecule has 0 spiro atoms. The Hall–Kier alpha value is -4.12. The Balaban J connectivity index is 1.42. The van der Waals surface area contributed by atoms with Crippen molar-refractivity contribution in [3.05, 3.63) is 76.7 Å². The Morgan fingerprint density at radius 2 is 1.81 bits per heavy atom. The molecular weight excluding hydrogens is 398 g/mol. The van der Waals surface area contributed by atoms with Crippen LogP contribution in [0, 0.1) is 25.2 Å². The monoisotopic (exact) mass is 419 g/mol. The molecule has 1 heterocycles. The number of aryl methyl sites for hydroxylation is 2. The molecule has 158 valence electrons. The molecule has 0 aliphatic carbocycles. The number of nitrogens with zero attached hydrogens (tertiary/aromatic N) is 2. The van der Waals surface area contributed by atoms with E-state index >= 15 is 0 Å². The van der Waals surface area contributed by atoms with E-state index in [1.165, 1.54) is 0 Å². The molecule has 3 aromatic rings. The van der Waals surface area contributed by atoms with E-state index in [9.17, 15) is 9.59 Å². The van der Waals surface area contributed by atoms with Crippen LogP contribution in [0.2, 0.25) is 0 Å². The zero-order valence-electron chi connectivity index (χ0n) is 17.2. The zero-order chi connectivity index (χ0) is 22.2. The average Bonchev–Trinajstić information content (AvgIpc) is 3.09. The number of ether oxygens (including phenoxy) is 2. The fraction of sp³-hybridized carbons (Fsp3) is 0.217. The van der Waals surface area contributed by atoms with Crippen LogP contribution in [0.4, 0.5) is 5.69 Å². The second-order valence-corrected chi connectivity index (χ2v) is 6.81. The molecule has 0 unspecified atom stereocenters. The molecule has 1 amide bonds. The number of nitrogens with one attached hydrogen (secondary N) is 1. The third kappa shape index (κ3) is 6.18. The minimum absolute atomic E-state index is 0.0360. The molecule has 0 aliphatic heterocycles. The van der Waals surface area contributed by atoms with Gasteiger partial charge in [-0.25, -0.2) is 0 Å². The molecular formula is C23H21N3O5. The van der Waals surface area contributed by atoms with Gasteiger partial charge < -0.3 is 19.3 Å². The molecule has 0 aliphatic rings. The van der Waals surface area contributed by atoms with Crippen LogP contribution < -0.4 is 10.1 Å². The molecule has 0 saturated heterocycles. The average molecular weight is 419 g/mol. The molecule has 0 fully saturated rings. The molecule has 0 bridgehead atoms. The summed E-state index contributed by atoms with van der Waals surface area (Å²) in [7, 11) is 0. The Morgan fingerprint density at radius 1 is 1.10 bits per heavy atom. The second kappa shape index (κ2) is 10.1. The third-order valence-electron chi connectivity index (χ3n) is 4.50. The van der Waals surface area contributed by atoms with Gasteiger partial charge in [-0.15, -0.1) is 0 Å². The minimum Gasteiger partial charge on any atom is -0.489 e. The van der Waals surface area contributed by atoms with Crippen molar-refractivity contribution in [3.8, 4) is 11.8 Å². The third-order valence-corrected chi connectivity index (χ3v) is 4.50.